The van der Waals surface area contributed by atoms with E-state index in [1.807, 2.05) is 29.3 Å². The maximum absolute atomic E-state index is 14.7. The molecule has 5 aromatic rings. The first-order chi connectivity index (χ1) is 20.5. The first kappa shape index (κ1) is 28.1. The fourth-order valence-electron chi connectivity index (χ4n) is 6.35. The number of halogens is 1. The zero-order valence-corrected chi connectivity index (χ0v) is 24.1. The quantitative estimate of drug-likeness (QED) is 0.202. The van der Waals surface area contributed by atoms with Gasteiger partial charge in [0, 0.05) is 68.2 Å². The van der Waals surface area contributed by atoms with Crippen LogP contribution >= 0.6 is 0 Å². The summed E-state index contributed by atoms with van der Waals surface area (Å²) < 4.78 is 22.2. The number of carbonyl (C=O) groups is 1. The van der Waals surface area contributed by atoms with Crippen LogP contribution in [0.15, 0.2) is 72.9 Å². The molecule has 0 bridgehead atoms. The van der Waals surface area contributed by atoms with E-state index in [0.717, 1.165) is 71.2 Å². The lowest BCUT2D eigenvalue weighted by atomic mass is 9.93. The van der Waals surface area contributed by atoms with Gasteiger partial charge in [-0.05, 0) is 72.7 Å². The Kier molecular flexibility index (Phi) is 8.35. The number of aromatic nitrogens is 3. The van der Waals surface area contributed by atoms with E-state index in [-0.39, 0.29) is 23.7 Å². The Morgan fingerprint density at radius 1 is 1.14 bits per heavy atom. The lowest BCUT2D eigenvalue weighted by molar-refractivity contribution is -0.132. The topological polar surface area (TPSA) is 89.2 Å². The molecule has 7 nitrogen and oxygen atoms in total. The van der Waals surface area contributed by atoms with Gasteiger partial charge in [0.05, 0.1) is 17.2 Å². The molecule has 3 heterocycles. The minimum absolute atomic E-state index is 0.0884. The standard InChI is InChI=1S/C34H38FN5O2/c1-42-16-4-15-40-32-7-2-6-30(35)29(32)20-33(40)26-5-3-14-39(22-26)34(41)19-28(36)17-23-8-10-24(11-9-23)25-12-13-31-27(18-25)21-37-38-31/h2,6-13,18,20-21,26,28H,3-5,14-17,19,22,36H2,1H3,(H,37,38). The minimum atomic E-state index is -0.263. The molecule has 6 rings (SSSR count). The van der Waals surface area contributed by atoms with Crippen LogP contribution in [-0.2, 0) is 22.5 Å². The minimum Gasteiger partial charge on any atom is -0.385 e. The average Bonchev–Trinajstić information content (AvgIpc) is 3.63. The maximum Gasteiger partial charge on any atom is 0.224 e. The van der Waals surface area contributed by atoms with Crippen molar-refractivity contribution in [3.63, 3.8) is 0 Å². The third kappa shape index (κ3) is 5.96. The number of nitrogens with two attached hydrogens (primary N) is 1. The lowest BCUT2D eigenvalue weighted by Gasteiger charge is -2.34. The second-order valence-electron chi connectivity index (χ2n) is 11.5. The highest BCUT2D eigenvalue weighted by atomic mass is 19.1. The molecular weight excluding hydrogens is 529 g/mol. The number of amides is 1. The number of nitrogens with one attached hydrogen (secondary N) is 1. The summed E-state index contributed by atoms with van der Waals surface area (Å²) in [6, 6.07) is 21.6. The number of carbonyl (C=O) groups excluding carboxylic acids is 1. The molecule has 0 aliphatic carbocycles. The van der Waals surface area contributed by atoms with Crippen LogP contribution in [0, 0.1) is 5.82 Å². The summed E-state index contributed by atoms with van der Waals surface area (Å²) in [7, 11) is 1.70. The molecule has 3 aromatic carbocycles. The van der Waals surface area contributed by atoms with Gasteiger partial charge in [-0.3, -0.25) is 9.89 Å². The molecule has 0 saturated carbocycles. The van der Waals surface area contributed by atoms with Gasteiger partial charge < -0.3 is 19.9 Å². The van der Waals surface area contributed by atoms with Crippen LogP contribution in [0.5, 0.6) is 0 Å². The fraction of sp³-hybridized carbons (Fsp3) is 0.353. The van der Waals surface area contributed by atoms with Crippen molar-refractivity contribution in [2.75, 3.05) is 26.8 Å². The lowest BCUT2D eigenvalue weighted by Crippen LogP contribution is -2.42. The van der Waals surface area contributed by atoms with Gasteiger partial charge in [-0.25, -0.2) is 4.39 Å². The summed E-state index contributed by atoms with van der Waals surface area (Å²) in [5, 5.41) is 8.81. The number of rotatable bonds is 10. The molecule has 0 spiro atoms. The van der Waals surface area contributed by atoms with Gasteiger partial charge in [-0.2, -0.15) is 5.10 Å². The Labute approximate surface area is 245 Å². The average molecular weight is 568 g/mol. The molecule has 1 aliphatic heterocycles. The van der Waals surface area contributed by atoms with Crippen LogP contribution in [0.2, 0.25) is 0 Å². The second-order valence-corrected chi connectivity index (χ2v) is 11.5. The van der Waals surface area contributed by atoms with Crippen LogP contribution in [0.1, 0.15) is 42.9 Å². The highest BCUT2D eigenvalue weighted by Crippen LogP contribution is 2.33. The molecular formula is C34H38FN5O2. The van der Waals surface area contributed by atoms with E-state index >= 15 is 0 Å². The molecule has 3 N–H and O–H groups in total. The normalized spacial score (nSPS) is 16.4. The van der Waals surface area contributed by atoms with Crippen molar-refractivity contribution < 1.29 is 13.9 Å². The smallest absolute Gasteiger partial charge is 0.224 e. The van der Waals surface area contributed by atoms with Crippen molar-refractivity contribution >= 4 is 27.7 Å². The van der Waals surface area contributed by atoms with Gasteiger partial charge in [0.15, 0.2) is 0 Å². The van der Waals surface area contributed by atoms with Gasteiger partial charge in [-0.1, -0.05) is 36.4 Å². The Balaban J connectivity index is 1.09. The van der Waals surface area contributed by atoms with E-state index in [1.165, 1.54) is 6.07 Å². The summed E-state index contributed by atoms with van der Waals surface area (Å²) in [6.07, 6.45) is 5.50. The maximum atomic E-state index is 14.7. The number of aryl methyl sites for hydroxylation is 1. The summed E-state index contributed by atoms with van der Waals surface area (Å²) in [5.74, 6) is 0.0357. The highest BCUT2D eigenvalue weighted by molar-refractivity contribution is 5.84. The zero-order chi connectivity index (χ0) is 29.1. The highest BCUT2D eigenvalue weighted by Gasteiger charge is 2.28. The molecule has 8 heteroatoms. The molecule has 1 amide bonds. The van der Waals surface area contributed by atoms with Gasteiger partial charge in [-0.15, -0.1) is 0 Å². The number of hydrogen-bond acceptors (Lipinski definition) is 4. The fourth-order valence-corrected chi connectivity index (χ4v) is 6.35. The van der Waals surface area contributed by atoms with Crippen LogP contribution in [-0.4, -0.2) is 58.4 Å². The number of likely N-dealkylation sites (tertiary alicyclic amines) is 1. The van der Waals surface area contributed by atoms with Crippen LogP contribution in [0.4, 0.5) is 4.39 Å². The number of nitrogens with zero attached hydrogens (tertiary/aromatic N) is 3. The number of methoxy groups -OCH3 is 1. The van der Waals surface area contributed by atoms with Gasteiger partial charge >= 0.3 is 0 Å². The largest absolute Gasteiger partial charge is 0.385 e. The molecule has 2 unspecified atom stereocenters. The first-order valence-corrected chi connectivity index (χ1v) is 14.8. The van der Waals surface area contributed by atoms with E-state index < -0.39 is 0 Å². The number of fused-ring (bicyclic) bond motifs is 2. The Bertz CT molecular complexity index is 1670. The van der Waals surface area contributed by atoms with Gasteiger partial charge in [0.25, 0.3) is 0 Å². The second kappa shape index (κ2) is 12.5. The molecule has 1 saturated heterocycles. The van der Waals surface area contributed by atoms with E-state index in [0.29, 0.717) is 31.4 Å². The molecule has 1 fully saturated rings. The van der Waals surface area contributed by atoms with E-state index in [9.17, 15) is 9.18 Å². The molecule has 2 atom stereocenters. The number of benzene rings is 3. The molecule has 1 aliphatic rings. The first-order valence-electron chi connectivity index (χ1n) is 14.8. The van der Waals surface area contributed by atoms with E-state index in [4.69, 9.17) is 10.5 Å². The number of H-pyrrole nitrogens is 1. The predicted octanol–water partition coefficient (Wildman–Crippen LogP) is 6.03. The SMILES string of the molecule is COCCCn1c(C2CCCN(C(=O)CC(N)Cc3ccc(-c4ccc5[nH]ncc5c4)cc3)C2)cc2c(F)cccc21. The third-order valence-corrected chi connectivity index (χ3v) is 8.51. The summed E-state index contributed by atoms with van der Waals surface area (Å²) >= 11 is 0. The number of hydrogen-bond donors (Lipinski definition) is 2. The van der Waals surface area contributed by atoms with E-state index in [2.05, 4.69) is 51.2 Å². The van der Waals surface area contributed by atoms with Crippen molar-refractivity contribution in [1.29, 1.82) is 0 Å². The monoisotopic (exact) mass is 567 g/mol. The van der Waals surface area contributed by atoms with Crippen molar-refractivity contribution in [1.82, 2.24) is 19.7 Å². The summed E-state index contributed by atoms with van der Waals surface area (Å²) in [6.45, 7) is 2.76. The molecule has 2 aromatic heterocycles. The predicted molar refractivity (Wildman–Crippen MR) is 165 cm³/mol. The van der Waals surface area contributed by atoms with Gasteiger partial charge in [0.1, 0.15) is 5.82 Å². The molecule has 0 radical (unpaired) electrons. The summed E-state index contributed by atoms with van der Waals surface area (Å²) in [5.41, 5.74) is 12.9. The van der Waals surface area contributed by atoms with E-state index in [1.54, 1.807) is 13.2 Å². The van der Waals surface area contributed by atoms with Gasteiger partial charge in [0.2, 0.25) is 5.91 Å². The van der Waals surface area contributed by atoms with Crippen molar-refractivity contribution in [2.45, 2.75) is 50.6 Å². The van der Waals surface area contributed by atoms with Crippen LogP contribution in [0.25, 0.3) is 32.9 Å². The Hall–Kier alpha value is -4.01. The Morgan fingerprint density at radius 2 is 1.98 bits per heavy atom. The Morgan fingerprint density at radius 3 is 2.81 bits per heavy atom. The van der Waals surface area contributed by atoms with Crippen LogP contribution < -0.4 is 5.73 Å². The van der Waals surface area contributed by atoms with Crippen LogP contribution in [0.3, 0.4) is 0 Å². The van der Waals surface area contributed by atoms with Crippen molar-refractivity contribution in [2.24, 2.45) is 5.73 Å². The molecule has 218 valence electrons. The van der Waals surface area contributed by atoms with Crippen molar-refractivity contribution in [3.8, 4) is 11.1 Å². The number of ether oxygens (including phenoxy) is 1. The molecule has 42 heavy (non-hydrogen) atoms. The number of piperidine rings is 1. The van der Waals surface area contributed by atoms with Crippen molar-refractivity contribution in [3.05, 3.63) is 90.0 Å². The third-order valence-electron chi connectivity index (χ3n) is 8.51. The summed E-state index contributed by atoms with van der Waals surface area (Å²) in [4.78, 5) is 15.3. The number of aromatic amines is 1. The zero-order valence-electron chi connectivity index (χ0n) is 24.1.